The van der Waals surface area contributed by atoms with Crippen molar-refractivity contribution >= 4 is 0 Å². The van der Waals surface area contributed by atoms with Gasteiger partial charge in [-0.25, -0.2) is 0 Å². The van der Waals surface area contributed by atoms with E-state index in [2.05, 4.69) is 156 Å². The second-order valence-corrected chi connectivity index (χ2v) is 12.2. The van der Waals surface area contributed by atoms with E-state index in [4.69, 9.17) is 4.74 Å². The van der Waals surface area contributed by atoms with Crippen molar-refractivity contribution in [2.75, 3.05) is 0 Å². The number of hydrogen-bond donors (Lipinski definition) is 0. The highest BCUT2D eigenvalue weighted by molar-refractivity contribution is 5.66. The van der Waals surface area contributed by atoms with Crippen molar-refractivity contribution in [3.05, 3.63) is 152 Å². The lowest BCUT2D eigenvalue weighted by Crippen LogP contribution is -1.88. The van der Waals surface area contributed by atoms with Crippen LogP contribution in [0.2, 0.25) is 0 Å². The molecule has 43 heavy (non-hydrogen) atoms. The second kappa shape index (κ2) is 14.9. The molecule has 5 aromatic rings. The van der Waals surface area contributed by atoms with Crippen molar-refractivity contribution in [1.29, 1.82) is 0 Å². The zero-order chi connectivity index (χ0) is 31.8. The summed E-state index contributed by atoms with van der Waals surface area (Å²) in [5, 5.41) is 0. The van der Waals surface area contributed by atoms with Gasteiger partial charge in [-0.2, -0.15) is 0 Å². The molecule has 0 spiro atoms. The third-order valence-electron chi connectivity index (χ3n) is 8.65. The highest BCUT2D eigenvalue weighted by atomic mass is 16.5. The van der Waals surface area contributed by atoms with E-state index < -0.39 is 0 Å². The fraction of sp³-hybridized carbons (Fsp3) is 0.286. The lowest BCUT2D eigenvalue weighted by Gasteiger charge is -2.09. The Morgan fingerprint density at radius 2 is 0.512 bits per heavy atom. The molecule has 0 aliphatic heterocycles. The molecule has 0 aromatic heterocycles. The van der Waals surface area contributed by atoms with Crippen LogP contribution in [0.1, 0.15) is 66.8 Å². The number of aryl methyl sites for hydroxylation is 12. The van der Waals surface area contributed by atoms with Crippen LogP contribution in [0.5, 0.6) is 11.5 Å². The molecule has 5 aromatic carbocycles. The fourth-order valence-corrected chi connectivity index (χ4v) is 4.64. The van der Waals surface area contributed by atoms with Crippen molar-refractivity contribution in [2.45, 2.75) is 83.1 Å². The van der Waals surface area contributed by atoms with Crippen molar-refractivity contribution in [2.24, 2.45) is 0 Å². The Bertz CT molecular complexity index is 1550. The standard InChI is InChI=1S/C16H18O.C16H18.C10H14/c1-11-5-7-15(9-13(11)3)17-16-8-6-12(2)14(4)10-16;1-11-5-7-15(9-13(11)3)16-8-6-12(2)14(4)10-16;1-7-5-9(3)10(4)6-8(7)2/h5-10H,1-4H3;5-10H,1-4H3;5-6H,1-4H3. The van der Waals surface area contributed by atoms with Gasteiger partial charge >= 0.3 is 0 Å². The molecular weight excluding hydrogens is 520 g/mol. The molecule has 0 N–H and O–H groups in total. The maximum Gasteiger partial charge on any atom is 0.127 e. The molecule has 0 unspecified atom stereocenters. The van der Waals surface area contributed by atoms with E-state index in [1.807, 2.05) is 12.1 Å². The van der Waals surface area contributed by atoms with E-state index in [0.29, 0.717) is 0 Å². The third kappa shape index (κ3) is 9.45. The van der Waals surface area contributed by atoms with Crippen molar-refractivity contribution < 1.29 is 4.74 Å². The molecule has 0 saturated carbocycles. The quantitative estimate of drug-likeness (QED) is 0.210. The molecule has 1 nitrogen and oxygen atoms in total. The third-order valence-corrected chi connectivity index (χ3v) is 8.65. The van der Waals surface area contributed by atoms with Crippen LogP contribution in [0, 0.1) is 83.1 Å². The Morgan fingerprint density at radius 1 is 0.256 bits per heavy atom. The van der Waals surface area contributed by atoms with E-state index in [-0.39, 0.29) is 0 Å². The predicted molar refractivity (Wildman–Crippen MR) is 188 cm³/mol. The first-order valence-corrected chi connectivity index (χ1v) is 15.3. The van der Waals surface area contributed by atoms with Gasteiger partial charge in [-0.05, 0) is 185 Å². The molecule has 0 amide bonds. The first kappa shape index (κ1) is 33.4. The summed E-state index contributed by atoms with van der Waals surface area (Å²) in [6.45, 7) is 25.7. The summed E-state index contributed by atoms with van der Waals surface area (Å²) in [7, 11) is 0. The largest absolute Gasteiger partial charge is 0.457 e. The molecule has 0 aliphatic rings. The highest BCUT2D eigenvalue weighted by Crippen LogP contribution is 2.26. The zero-order valence-corrected chi connectivity index (χ0v) is 28.5. The summed E-state index contributed by atoms with van der Waals surface area (Å²) < 4.78 is 5.85. The Morgan fingerprint density at radius 3 is 0.791 bits per heavy atom. The monoisotopic (exact) mass is 570 g/mol. The summed E-state index contributed by atoms with van der Waals surface area (Å²) >= 11 is 0. The molecule has 1 heteroatoms. The van der Waals surface area contributed by atoms with Crippen molar-refractivity contribution in [3.63, 3.8) is 0 Å². The lowest BCUT2D eigenvalue weighted by molar-refractivity contribution is 0.481. The number of ether oxygens (including phenoxy) is 1. The van der Waals surface area contributed by atoms with Gasteiger partial charge in [0.25, 0.3) is 0 Å². The Labute approximate surface area is 261 Å². The SMILES string of the molecule is Cc1cc(C)c(C)cc1C.Cc1ccc(-c2ccc(C)c(C)c2)cc1C.Cc1ccc(Oc2ccc(C)c(C)c2)cc1C. The minimum absolute atomic E-state index is 0.899. The van der Waals surface area contributed by atoms with Crippen LogP contribution < -0.4 is 4.74 Å². The molecule has 0 fully saturated rings. The van der Waals surface area contributed by atoms with Gasteiger partial charge in [0, 0.05) is 0 Å². The van der Waals surface area contributed by atoms with Crippen molar-refractivity contribution in [1.82, 2.24) is 0 Å². The maximum absolute atomic E-state index is 5.85. The Kier molecular flexibility index (Phi) is 11.6. The van der Waals surface area contributed by atoms with Crippen LogP contribution in [0.15, 0.2) is 84.9 Å². The van der Waals surface area contributed by atoms with Gasteiger partial charge in [-0.3, -0.25) is 0 Å². The van der Waals surface area contributed by atoms with Crippen LogP contribution in [0.3, 0.4) is 0 Å². The van der Waals surface area contributed by atoms with Gasteiger partial charge in [0.1, 0.15) is 11.5 Å². The van der Waals surface area contributed by atoms with E-state index in [0.717, 1.165) is 11.5 Å². The summed E-state index contributed by atoms with van der Waals surface area (Å²) in [6.07, 6.45) is 0. The van der Waals surface area contributed by atoms with Crippen LogP contribution in [-0.4, -0.2) is 0 Å². The molecule has 0 radical (unpaired) electrons. The normalized spacial score (nSPS) is 10.3. The first-order chi connectivity index (χ1) is 20.2. The van der Waals surface area contributed by atoms with Crippen LogP contribution in [0.25, 0.3) is 11.1 Å². The smallest absolute Gasteiger partial charge is 0.127 e. The van der Waals surface area contributed by atoms with E-state index in [1.165, 1.54) is 77.9 Å². The average molecular weight is 571 g/mol. The number of rotatable bonds is 3. The Hall–Kier alpha value is -4.10. The van der Waals surface area contributed by atoms with Crippen LogP contribution in [0.4, 0.5) is 0 Å². The van der Waals surface area contributed by atoms with E-state index in [1.54, 1.807) is 0 Å². The summed E-state index contributed by atoms with van der Waals surface area (Å²) in [5.41, 5.74) is 18.7. The molecule has 0 saturated heterocycles. The molecule has 0 heterocycles. The molecule has 0 bridgehead atoms. The summed E-state index contributed by atoms with van der Waals surface area (Å²) in [4.78, 5) is 0. The van der Waals surface area contributed by atoms with Gasteiger partial charge in [-0.1, -0.05) is 60.7 Å². The topological polar surface area (TPSA) is 9.23 Å². The molecule has 5 rings (SSSR count). The zero-order valence-electron chi connectivity index (χ0n) is 28.5. The van der Waals surface area contributed by atoms with Crippen molar-refractivity contribution in [3.8, 4) is 22.6 Å². The predicted octanol–water partition coefficient (Wildman–Crippen LogP) is 12.2. The first-order valence-electron chi connectivity index (χ1n) is 15.3. The van der Waals surface area contributed by atoms with Gasteiger partial charge in [0.15, 0.2) is 0 Å². The van der Waals surface area contributed by atoms with Gasteiger partial charge in [0.05, 0.1) is 0 Å². The lowest BCUT2D eigenvalue weighted by atomic mass is 9.98. The maximum atomic E-state index is 5.85. The highest BCUT2D eigenvalue weighted by Gasteiger charge is 2.03. The molecule has 0 aliphatic carbocycles. The molecule has 0 atom stereocenters. The van der Waals surface area contributed by atoms with Crippen LogP contribution >= 0.6 is 0 Å². The number of hydrogen-bond acceptors (Lipinski definition) is 1. The molecular formula is C42H50O. The fourth-order valence-electron chi connectivity index (χ4n) is 4.64. The second-order valence-electron chi connectivity index (χ2n) is 12.2. The number of benzene rings is 5. The minimum Gasteiger partial charge on any atom is -0.457 e. The average Bonchev–Trinajstić information content (AvgIpc) is 2.95. The van der Waals surface area contributed by atoms with Crippen LogP contribution in [-0.2, 0) is 0 Å². The van der Waals surface area contributed by atoms with E-state index in [9.17, 15) is 0 Å². The molecule has 224 valence electrons. The Balaban J connectivity index is 0.000000183. The van der Waals surface area contributed by atoms with Gasteiger partial charge in [0.2, 0.25) is 0 Å². The summed E-state index contributed by atoms with van der Waals surface area (Å²) in [6, 6.07) is 30.1. The van der Waals surface area contributed by atoms with E-state index >= 15 is 0 Å². The minimum atomic E-state index is 0.899. The van der Waals surface area contributed by atoms with Gasteiger partial charge < -0.3 is 4.74 Å². The van der Waals surface area contributed by atoms with Gasteiger partial charge in [-0.15, -0.1) is 0 Å². The summed E-state index contributed by atoms with van der Waals surface area (Å²) in [5.74, 6) is 1.80.